The average molecular weight is 454 g/mol. The molecule has 3 atom stereocenters. The number of carbonyl (C=O) groups is 2. The van der Waals surface area contributed by atoms with Crippen LogP contribution >= 0.6 is 0 Å². The molecule has 33 heavy (non-hydrogen) atoms. The molecule has 2 heterocycles. The average Bonchev–Trinajstić information content (AvgIpc) is 3.02. The van der Waals surface area contributed by atoms with Gasteiger partial charge in [-0.3, -0.25) is 4.79 Å². The predicted octanol–water partition coefficient (Wildman–Crippen LogP) is 5.65. The fourth-order valence-electron chi connectivity index (χ4n) is 7.05. The van der Waals surface area contributed by atoms with E-state index in [2.05, 4.69) is 0 Å². The zero-order valence-corrected chi connectivity index (χ0v) is 20.1. The number of esters is 1. The lowest BCUT2D eigenvalue weighted by atomic mass is 9.70. The van der Waals surface area contributed by atoms with Gasteiger partial charge in [-0.15, -0.1) is 0 Å². The fourth-order valence-corrected chi connectivity index (χ4v) is 7.05. The molecule has 0 spiro atoms. The topological polar surface area (TPSA) is 55.8 Å². The minimum absolute atomic E-state index is 0.135. The first-order valence-electron chi connectivity index (χ1n) is 13.3. The van der Waals surface area contributed by atoms with E-state index in [1.807, 2.05) is 29.2 Å². The SMILES string of the molecule is COc1ccc(CN2C(=O)[C@H](CC3CCCCC3)C3(CCC4CCCCC4)OC(=O)C23)cc1. The second kappa shape index (κ2) is 9.68. The van der Waals surface area contributed by atoms with Crippen LogP contribution in [0.4, 0.5) is 0 Å². The first kappa shape index (κ1) is 22.7. The van der Waals surface area contributed by atoms with Crippen LogP contribution in [0.3, 0.4) is 0 Å². The predicted molar refractivity (Wildman–Crippen MR) is 127 cm³/mol. The van der Waals surface area contributed by atoms with Gasteiger partial charge < -0.3 is 14.4 Å². The summed E-state index contributed by atoms with van der Waals surface area (Å²) >= 11 is 0. The molecule has 0 radical (unpaired) electrons. The Hall–Kier alpha value is -2.04. The Morgan fingerprint density at radius 1 is 0.939 bits per heavy atom. The second-order valence-electron chi connectivity index (χ2n) is 10.9. The van der Waals surface area contributed by atoms with Crippen LogP contribution in [0.15, 0.2) is 24.3 Å². The molecule has 5 heteroatoms. The Bertz CT molecular complexity index is 840. The number of hydrogen-bond acceptors (Lipinski definition) is 4. The van der Waals surface area contributed by atoms with Crippen molar-refractivity contribution in [3.05, 3.63) is 29.8 Å². The van der Waals surface area contributed by atoms with E-state index in [0.29, 0.717) is 18.4 Å². The van der Waals surface area contributed by atoms with E-state index in [1.165, 1.54) is 64.2 Å². The number of likely N-dealkylation sites (tertiary alicyclic amines) is 1. The van der Waals surface area contributed by atoms with E-state index >= 15 is 0 Å². The molecule has 4 fully saturated rings. The third kappa shape index (κ3) is 4.40. The van der Waals surface area contributed by atoms with Gasteiger partial charge in [-0.1, -0.05) is 76.3 Å². The number of hydrogen-bond donors (Lipinski definition) is 0. The molecule has 1 aromatic carbocycles. The lowest BCUT2D eigenvalue weighted by molar-refractivity contribution is -0.214. The molecule has 0 bridgehead atoms. The highest BCUT2D eigenvalue weighted by atomic mass is 16.6. The summed E-state index contributed by atoms with van der Waals surface area (Å²) in [5, 5.41) is 0. The Morgan fingerprint density at radius 3 is 2.18 bits per heavy atom. The number of benzene rings is 1. The molecule has 2 aliphatic carbocycles. The summed E-state index contributed by atoms with van der Waals surface area (Å²) in [5.74, 6) is 1.86. The van der Waals surface area contributed by atoms with Gasteiger partial charge in [0.2, 0.25) is 5.91 Å². The van der Waals surface area contributed by atoms with Crippen molar-refractivity contribution in [1.29, 1.82) is 0 Å². The molecule has 1 amide bonds. The summed E-state index contributed by atoms with van der Waals surface area (Å²) in [6.45, 7) is 0.467. The number of carbonyl (C=O) groups excluding carboxylic acids is 2. The maximum Gasteiger partial charge on any atom is 0.333 e. The van der Waals surface area contributed by atoms with Crippen LogP contribution in [-0.4, -0.2) is 35.5 Å². The van der Waals surface area contributed by atoms with Gasteiger partial charge in [0, 0.05) is 6.54 Å². The standard InChI is InChI=1S/C28H39NO4/c1-32-23-14-12-22(13-15-23)19-29-25-27(31)33-28(25,17-16-20-8-4-2-5-9-20)24(26(29)30)18-21-10-6-3-7-11-21/h12-15,20-21,24-25H,2-11,16-19H2,1H3/t24-,25?,28?/m0/s1. The van der Waals surface area contributed by atoms with Crippen molar-refractivity contribution >= 4 is 11.9 Å². The number of fused-ring (bicyclic) bond motifs is 1. The highest BCUT2D eigenvalue weighted by molar-refractivity contribution is 5.97. The van der Waals surface area contributed by atoms with Gasteiger partial charge in [0.1, 0.15) is 5.75 Å². The molecule has 5 nitrogen and oxygen atoms in total. The van der Waals surface area contributed by atoms with Crippen molar-refractivity contribution < 1.29 is 19.1 Å². The minimum atomic E-state index is -0.602. The monoisotopic (exact) mass is 453 g/mol. The van der Waals surface area contributed by atoms with Crippen LogP contribution in [0.1, 0.15) is 89.0 Å². The van der Waals surface area contributed by atoms with E-state index in [4.69, 9.17) is 9.47 Å². The summed E-state index contributed by atoms with van der Waals surface area (Å²) < 4.78 is 11.3. The molecule has 180 valence electrons. The highest BCUT2D eigenvalue weighted by Gasteiger charge is 2.71. The maximum atomic E-state index is 13.8. The van der Waals surface area contributed by atoms with E-state index in [1.54, 1.807) is 7.11 Å². The summed E-state index contributed by atoms with van der Waals surface area (Å²) in [5.41, 5.74) is 0.429. The quantitative estimate of drug-likeness (QED) is 0.477. The van der Waals surface area contributed by atoms with Gasteiger partial charge in [-0.2, -0.15) is 0 Å². The van der Waals surface area contributed by atoms with E-state index in [9.17, 15) is 9.59 Å². The first-order valence-corrected chi connectivity index (χ1v) is 13.3. The van der Waals surface area contributed by atoms with Gasteiger partial charge in [-0.25, -0.2) is 4.79 Å². The summed E-state index contributed by atoms with van der Waals surface area (Å²) in [4.78, 5) is 28.5. The van der Waals surface area contributed by atoms with E-state index in [-0.39, 0.29) is 17.8 Å². The van der Waals surface area contributed by atoms with Crippen LogP contribution in [-0.2, 0) is 20.9 Å². The van der Waals surface area contributed by atoms with Crippen molar-refractivity contribution in [2.75, 3.05) is 7.11 Å². The second-order valence-corrected chi connectivity index (χ2v) is 10.9. The molecular weight excluding hydrogens is 414 g/mol. The van der Waals surface area contributed by atoms with Gasteiger partial charge in [-0.05, 0) is 48.8 Å². The van der Waals surface area contributed by atoms with Crippen molar-refractivity contribution in [2.24, 2.45) is 17.8 Å². The minimum Gasteiger partial charge on any atom is -0.497 e. The van der Waals surface area contributed by atoms with Crippen LogP contribution in [0.2, 0.25) is 0 Å². The third-order valence-electron chi connectivity index (χ3n) is 8.93. The number of nitrogens with zero attached hydrogens (tertiary/aromatic N) is 1. The van der Waals surface area contributed by atoms with E-state index in [0.717, 1.165) is 30.6 Å². The van der Waals surface area contributed by atoms with Gasteiger partial charge in [0.05, 0.1) is 13.0 Å². The maximum absolute atomic E-state index is 13.8. The van der Waals surface area contributed by atoms with Gasteiger partial charge in [0.15, 0.2) is 11.6 Å². The largest absolute Gasteiger partial charge is 0.497 e. The Labute approximate surface area is 198 Å². The molecule has 2 saturated carbocycles. The summed E-state index contributed by atoms with van der Waals surface area (Å²) in [6.07, 6.45) is 15.6. The Kier molecular flexibility index (Phi) is 6.67. The molecule has 1 aromatic rings. The molecule has 4 aliphatic rings. The highest BCUT2D eigenvalue weighted by Crippen LogP contribution is 2.53. The zero-order valence-electron chi connectivity index (χ0n) is 20.1. The van der Waals surface area contributed by atoms with E-state index < -0.39 is 11.6 Å². The number of rotatable bonds is 8. The van der Waals surface area contributed by atoms with Crippen molar-refractivity contribution in [3.8, 4) is 5.75 Å². The van der Waals surface area contributed by atoms with Gasteiger partial charge >= 0.3 is 5.97 Å². The number of methoxy groups -OCH3 is 1. The van der Waals surface area contributed by atoms with Crippen molar-refractivity contribution in [1.82, 2.24) is 4.90 Å². The fraction of sp³-hybridized carbons (Fsp3) is 0.714. The van der Waals surface area contributed by atoms with Crippen LogP contribution < -0.4 is 4.74 Å². The van der Waals surface area contributed by atoms with Crippen LogP contribution in [0, 0.1) is 17.8 Å². The molecule has 2 unspecified atom stereocenters. The number of ether oxygens (including phenoxy) is 2. The summed E-state index contributed by atoms with van der Waals surface area (Å²) in [6, 6.07) is 7.42. The normalized spacial score (nSPS) is 30.6. The smallest absolute Gasteiger partial charge is 0.333 e. The van der Waals surface area contributed by atoms with Crippen molar-refractivity contribution in [2.45, 2.75) is 102 Å². The summed E-state index contributed by atoms with van der Waals surface area (Å²) in [7, 11) is 1.65. The van der Waals surface area contributed by atoms with Crippen molar-refractivity contribution in [3.63, 3.8) is 0 Å². The lowest BCUT2D eigenvalue weighted by Gasteiger charge is -2.48. The van der Waals surface area contributed by atoms with Crippen LogP contribution in [0.5, 0.6) is 5.75 Å². The van der Waals surface area contributed by atoms with Gasteiger partial charge in [0.25, 0.3) is 0 Å². The third-order valence-corrected chi connectivity index (χ3v) is 8.93. The lowest BCUT2D eigenvalue weighted by Crippen LogP contribution is -2.65. The first-order chi connectivity index (χ1) is 16.1. The number of amides is 1. The molecule has 2 aliphatic heterocycles. The molecule has 2 saturated heterocycles. The Morgan fingerprint density at radius 2 is 1.58 bits per heavy atom. The molecule has 5 rings (SSSR count). The Balaban J connectivity index is 1.37. The zero-order chi connectivity index (χ0) is 22.8. The molecule has 0 aromatic heterocycles. The molecular formula is C28H39NO4. The molecule has 0 N–H and O–H groups in total. The van der Waals surface area contributed by atoms with Crippen LogP contribution in [0.25, 0.3) is 0 Å².